The van der Waals surface area contributed by atoms with E-state index in [4.69, 9.17) is 20.9 Å². The molecular formula is C17H12ClF3N2O3. The number of nitrogens with zero attached hydrogens (tertiary/aromatic N) is 1. The molecule has 1 N–H and O–H groups in total. The Bertz CT molecular complexity index is 940. The molecule has 0 bridgehead atoms. The Balaban J connectivity index is 1.75. The highest BCUT2D eigenvalue weighted by atomic mass is 35.5. The molecule has 0 radical (unpaired) electrons. The van der Waals surface area contributed by atoms with Crippen molar-refractivity contribution in [1.29, 1.82) is 0 Å². The minimum Gasteiger partial charge on any atom is -0.482 e. The SMILES string of the molecule is O=C(Cc1noc2ccccc12)Nc1cc(Cl)ccc1OCC(F)(F)F. The highest BCUT2D eigenvalue weighted by molar-refractivity contribution is 6.31. The van der Waals surface area contributed by atoms with Gasteiger partial charge in [0.15, 0.2) is 12.2 Å². The van der Waals surface area contributed by atoms with Gasteiger partial charge in [0.25, 0.3) is 0 Å². The van der Waals surface area contributed by atoms with Crippen molar-refractivity contribution in [3.05, 3.63) is 53.2 Å². The molecule has 0 saturated heterocycles. The minimum absolute atomic E-state index is 0.0413. The lowest BCUT2D eigenvalue weighted by molar-refractivity contribution is -0.153. The molecule has 136 valence electrons. The fraction of sp³-hybridized carbons (Fsp3) is 0.176. The zero-order chi connectivity index (χ0) is 18.7. The van der Waals surface area contributed by atoms with Crippen LogP contribution in [0.15, 0.2) is 47.0 Å². The number of hydrogen-bond acceptors (Lipinski definition) is 4. The summed E-state index contributed by atoms with van der Waals surface area (Å²) in [5, 5.41) is 7.26. The number of alkyl halides is 3. The van der Waals surface area contributed by atoms with E-state index in [-0.39, 0.29) is 22.9 Å². The van der Waals surface area contributed by atoms with Crippen LogP contribution in [0.1, 0.15) is 5.69 Å². The molecule has 0 aliphatic rings. The maximum Gasteiger partial charge on any atom is 0.422 e. The van der Waals surface area contributed by atoms with E-state index < -0.39 is 18.7 Å². The van der Waals surface area contributed by atoms with Crippen LogP contribution >= 0.6 is 11.6 Å². The molecular weight excluding hydrogens is 373 g/mol. The summed E-state index contributed by atoms with van der Waals surface area (Å²) in [6.07, 6.45) is -4.62. The third-order valence-electron chi connectivity index (χ3n) is 3.39. The van der Waals surface area contributed by atoms with E-state index in [0.29, 0.717) is 16.7 Å². The van der Waals surface area contributed by atoms with Crippen LogP contribution in [-0.4, -0.2) is 23.8 Å². The van der Waals surface area contributed by atoms with Crippen LogP contribution in [0.5, 0.6) is 5.75 Å². The quantitative estimate of drug-likeness (QED) is 0.698. The van der Waals surface area contributed by atoms with E-state index in [1.807, 2.05) is 0 Å². The summed E-state index contributed by atoms with van der Waals surface area (Å²) in [6, 6.07) is 11.0. The van der Waals surface area contributed by atoms with Gasteiger partial charge < -0.3 is 14.6 Å². The lowest BCUT2D eigenvalue weighted by Gasteiger charge is -2.14. The summed E-state index contributed by atoms with van der Waals surface area (Å²) in [5.74, 6) is -0.631. The van der Waals surface area contributed by atoms with Gasteiger partial charge in [-0.1, -0.05) is 28.9 Å². The monoisotopic (exact) mass is 384 g/mol. The lowest BCUT2D eigenvalue weighted by atomic mass is 10.1. The molecule has 1 aromatic heterocycles. The molecule has 1 heterocycles. The number of amides is 1. The standard InChI is InChI=1S/C17H12ClF3N2O3/c18-10-5-6-15(25-9-17(19,20)21)13(7-10)22-16(24)8-12-11-3-1-2-4-14(11)26-23-12/h1-7H,8-9H2,(H,22,24). The van der Waals surface area contributed by atoms with Gasteiger partial charge in [0.1, 0.15) is 11.4 Å². The minimum atomic E-state index is -4.50. The van der Waals surface area contributed by atoms with E-state index in [2.05, 4.69) is 10.5 Å². The zero-order valence-corrected chi connectivity index (χ0v) is 13.9. The Morgan fingerprint density at radius 3 is 2.77 bits per heavy atom. The van der Waals surface area contributed by atoms with Crippen LogP contribution in [0.4, 0.5) is 18.9 Å². The van der Waals surface area contributed by atoms with Gasteiger partial charge >= 0.3 is 6.18 Å². The summed E-state index contributed by atoms with van der Waals surface area (Å²) in [4.78, 5) is 12.3. The number of carbonyl (C=O) groups excluding carboxylic acids is 1. The van der Waals surface area contributed by atoms with Crippen LogP contribution in [0.3, 0.4) is 0 Å². The molecule has 5 nitrogen and oxygen atoms in total. The fourth-order valence-corrected chi connectivity index (χ4v) is 2.47. The second kappa shape index (κ2) is 7.25. The Morgan fingerprint density at radius 1 is 1.23 bits per heavy atom. The maximum absolute atomic E-state index is 12.4. The van der Waals surface area contributed by atoms with E-state index >= 15 is 0 Å². The van der Waals surface area contributed by atoms with Gasteiger partial charge in [0, 0.05) is 10.4 Å². The third-order valence-corrected chi connectivity index (χ3v) is 3.62. The first-order valence-corrected chi connectivity index (χ1v) is 7.82. The van der Waals surface area contributed by atoms with Crippen molar-refractivity contribution in [1.82, 2.24) is 5.16 Å². The average molecular weight is 385 g/mol. The summed E-state index contributed by atoms with van der Waals surface area (Å²) in [6.45, 7) is -1.48. The highest BCUT2D eigenvalue weighted by Crippen LogP contribution is 2.30. The smallest absolute Gasteiger partial charge is 0.422 e. The predicted octanol–water partition coefficient (Wildman–Crippen LogP) is 4.60. The molecule has 0 fully saturated rings. The summed E-state index contributed by atoms with van der Waals surface area (Å²) in [5.41, 5.74) is 0.990. The number of rotatable bonds is 5. The van der Waals surface area contributed by atoms with E-state index in [1.54, 1.807) is 24.3 Å². The first kappa shape index (κ1) is 18.1. The van der Waals surface area contributed by atoms with Gasteiger partial charge in [0.05, 0.1) is 12.1 Å². The number of para-hydroxylation sites is 1. The molecule has 3 aromatic rings. The topological polar surface area (TPSA) is 64.4 Å². The molecule has 0 spiro atoms. The highest BCUT2D eigenvalue weighted by Gasteiger charge is 2.29. The maximum atomic E-state index is 12.4. The molecule has 9 heteroatoms. The number of anilines is 1. The number of aromatic nitrogens is 1. The van der Waals surface area contributed by atoms with E-state index in [9.17, 15) is 18.0 Å². The molecule has 26 heavy (non-hydrogen) atoms. The van der Waals surface area contributed by atoms with Crippen molar-refractivity contribution in [3.8, 4) is 5.75 Å². The van der Waals surface area contributed by atoms with Gasteiger partial charge in [0.2, 0.25) is 5.91 Å². The Labute approximate surface area is 150 Å². The van der Waals surface area contributed by atoms with Gasteiger partial charge in [-0.3, -0.25) is 4.79 Å². The first-order chi connectivity index (χ1) is 12.3. The van der Waals surface area contributed by atoms with Crippen molar-refractivity contribution < 1.29 is 27.2 Å². The van der Waals surface area contributed by atoms with Crippen LogP contribution in [0, 0.1) is 0 Å². The number of ether oxygens (including phenoxy) is 1. The third kappa shape index (κ3) is 4.45. The second-order valence-electron chi connectivity index (χ2n) is 5.39. The van der Waals surface area contributed by atoms with E-state index in [0.717, 1.165) is 0 Å². The summed E-state index contributed by atoms with van der Waals surface area (Å²) < 4.78 is 46.9. The molecule has 3 rings (SSSR count). The molecule has 0 atom stereocenters. The van der Waals surface area contributed by atoms with Crippen molar-refractivity contribution in [2.24, 2.45) is 0 Å². The van der Waals surface area contributed by atoms with Crippen molar-refractivity contribution in [2.75, 3.05) is 11.9 Å². The molecule has 0 saturated carbocycles. The van der Waals surface area contributed by atoms with Crippen molar-refractivity contribution >= 4 is 34.2 Å². The fourth-order valence-electron chi connectivity index (χ4n) is 2.30. The summed E-state index contributed by atoms with van der Waals surface area (Å²) >= 11 is 5.85. The van der Waals surface area contributed by atoms with Crippen molar-refractivity contribution in [3.63, 3.8) is 0 Å². The molecule has 2 aromatic carbocycles. The molecule has 0 aliphatic heterocycles. The molecule has 0 unspecified atom stereocenters. The van der Waals surface area contributed by atoms with Gasteiger partial charge in [-0.2, -0.15) is 13.2 Å². The molecule has 0 aliphatic carbocycles. The Morgan fingerprint density at radius 2 is 2.00 bits per heavy atom. The Kier molecular flexibility index (Phi) is 5.03. The number of fused-ring (bicyclic) bond motifs is 1. The number of carbonyl (C=O) groups is 1. The van der Waals surface area contributed by atoms with Gasteiger partial charge in [-0.05, 0) is 30.3 Å². The molecule has 1 amide bonds. The van der Waals surface area contributed by atoms with Crippen LogP contribution in [0.2, 0.25) is 5.02 Å². The van der Waals surface area contributed by atoms with Crippen LogP contribution < -0.4 is 10.1 Å². The average Bonchev–Trinajstić information content (AvgIpc) is 2.96. The zero-order valence-electron chi connectivity index (χ0n) is 13.1. The number of hydrogen-bond donors (Lipinski definition) is 1. The van der Waals surface area contributed by atoms with Crippen LogP contribution in [0.25, 0.3) is 11.0 Å². The van der Waals surface area contributed by atoms with Gasteiger partial charge in [-0.25, -0.2) is 0 Å². The first-order valence-electron chi connectivity index (χ1n) is 7.44. The van der Waals surface area contributed by atoms with Crippen LogP contribution in [-0.2, 0) is 11.2 Å². The van der Waals surface area contributed by atoms with Gasteiger partial charge in [-0.15, -0.1) is 0 Å². The normalized spacial score (nSPS) is 11.5. The largest absolute Gasteiger partial charge is 0.482 e. The number of nitrogens with one attached hydrogen (secondary N) is 1. The number of benzene rings is 2. The van der Waals surface area contributed by atoms with Crippen molar-refractivity contribution in [2.45, 2.75) is 12.6 Å². The number of halogens is 4. The predicted molar refractivity (Wildman–Crippen MR) is 89.3 cm³/mol. The summed E-state index contributed by atoms with van der Waals surface area (Å²) in [7, 11) is 0. The van der Waals surface area contributed by atoms with E-state index in [1.165, 1.54) is 18.2 Å². The lowest BCUT2D eigenvalue weighted by Crippen LogP contribution is -2.21. The second-order valence-corrected chi connectivity index (χ2v) is 5.83. The Hall–Kier alpha value is -2.74.